The molecule has 106 valence electrons. The lowest BCUT2D eigenvalue weighted by atomic mass is 9.79. The van der Waals surface area contributed by atoms with Gasteiger partial charge >= 0.3 is 0 Å². The molecule has 19 heavy (non-hydrogen) atoms. The fourth-order valence-electron chi connectivity index (χ4n) is 2.72. The third-order valence-corrected chi connectivity index (χ3v) is 5.28. The Morgan fingerprint density at radius 3 is 2.63 bits per heavy atom. The topological polar surface area (TPSA) is 55.0 Å². The molecule has 1 N–H and O–H groups in total. The number of halogens is 1. The Morgan fingerprint density at radius 1 is 1.47 bits per heavy atom. The molecular formula is C14H21IN2O2. The van der Waals surface area contributed by atoms with Gasteiger partial charge in [-0.05, 0) is 60.6 Å². The molecular weight excluding hydrogens is 355 g/mol. The van der Waals surface area contributed by atoms with E-state index in [0.717, 1.165) is 43.7 Å². The Kier molecular flexibility index (Phi) is 4.66. The minimum atomic E-state index is -0.403. The summed E-state index contributed by atoms with van der Waals surface area (Å²) in [7, 11) is 1.72. The Bertz CT molecular complexity index is 505. The van der Waals surface area contributed by atoms with Crippen LogP contribution >= 0.6 is 22.6 Å². The lowest BCUT2D eigenvalue weighted by Crippen LogP contribution is -2.37. The monoisotopic (exact) mass is 376 g/mol. The molecule has 2 rings (SSSR count). The van der Waals surface area contributed by atoms with Crippen LogP contribution in [-0.4, -0.2) is 17.1 Å². The molecule has 0 spiro atoms. The highest BCUT2D eigenvalue weighted by Crippen LogP contribution is 2.40. The summed E-state index contributed by atoms with van der Waals surface area (Å²) < 4.78 is 6.47. The molecule has 0 radical (unpaired) electrons. The molecule has 0 bridgehead atoms. The summed E-state index contributed by atoms with van der Waals surface area (Å²) in [6, 6.07) is 0. The van der Waals surface area contributed by atoms with Crippen molar-refractivity contribution in [1.29, 1.82) is 0 Å². The molecule has 0 saturated heterocycles. The van der Waals surface area contributed by atoms with E-state index < -0.39 is 5.60 Å². The second-order valence-electron chi connectivity index (χ2n) is 5.41. The first kappa shape index (κ1) is 15.0. The summed E-state index contributed by atoms with van der Waals surface area (Å²) in [4.78, 5) is 19.6. The van der Waals surface area contributed by atoms with Crippen LogP contribution in [0, 0.1) is 9.49 Å². The van der Waals surface area contributed by atoms with Gasteiger partial charge in [0.15, 0.2) is 0 Å². The normalized spacial score (nSPS) is 27.5. The number of ether oxygens (including phenoxy) is 1. The number of aryl methyl sites for hydroxylation is 1. The Morgan fingerprint density at radius 2 is 2.11 bits per heavy atom. The van der Waals surface area contributed by atoms with E-state index in [1.54, 1.807) is 7.11 Å². The van der Waals surface area contributed by atoms with Crippen molar-refractivity contribution in [3.63, 3.8) is 0 Å². The van der Waals surface area contributed by atoms with E-state index in [1.807, 2.05) is 6.92 Å². The van der Waals surface area contributed by atoms with Crippen LogP contribution in [0.3, 0.4) is 0 Å². The number of methoxy groups -OCH3 is 1. The predicted molar refractivity (Wildman–Crippen MR) is 83.3 cm³/mol. The van der Waals surface area contributed by atoms with Crippen LogP contribution in [0.5, 0.6) is 0 Å². The van der Waals surface area contributed by atoms with Crippen molar-refractivity contribution in [3.05, 3.63) is 25.4 Å². The van der Waals surface area contributed by atoms with Gasteiger partial charge in [-0.2, -0.15) is 0 Å². The van der Waals surface area contributed by atoms with Crippen LogP contribution in [-0.2, 0) is 16.8 Å². The molecule has 1 heterocycles. The smallest absolute Gasteiger partial charge is 0.264 e. The fraction of sp³-hybridized carbons (Fsp3) is 0.714. The summed E-state index contributed by atoms with van der Waals surface area (Å²) >= 11 is 2.07. The highest BCUT2D eigenvalue weighted by Gasteiger charge is 2.38. The maximum Gasteiger partial charge on any atom is 0.264 e. The fourth-order valence-corrected chi connectivity index (χ4v) is 3.36. The van der Waals surface area contributed by atoms with E-state index in [1.165, 1.54) is 0 Å². The van der Waals surface area contributed by atoms with Crippen molar-refractivity contribution in [1.82, 2.24) is 9.97 Å². The number of nitrogens with zero attached hydrogens (tertiary/aromatic N) is 1. The first-order valence-electron chi connectivity index (χ1n) is 6.86. The van der Waals surface area contributed by atoms with E-state index >= 15 is 0 Å². The molecule has 5 heteroatoms. The summed E-state index contributed by atoms with van der Waals surface area (Å²) in [5.74, 6) is 1.44. The lowest BCUT2D eigenvalue weighted by molar-refractivity contribution is -0.0600. The van der Waals surface area contributed by atoms with E-state index in [2.05, 4.69) is 39.5 Å². The first-order chi connectivity index (χ1) is 9.02. The van der Waals surface area contributed by atoms with Crippen LogP contribution in [0.4, 0.5) is 0 Å². The van der Waals surface area contributed by atoms with Gasteiger partial charge in [-0.1, -0.05) is 13.8 Å². The quantitative estimate of drug-likeness (QED) is 0.826. The van der Waals surface area contributed by atoms with Crippen LogP contribution < -0.4 is 5.56 Å². The van der Waals surface area contributed by atoms with Crippen LogP contribution in [0.25, 0.3) is 0 Å². The molecule has 1 aromatic rings. The van der Waals surface area contributed by atoms with Gasteiger partial charge in [-0.3, -0.25) is 4.79 Å². The highest BCUT2D eigenvalue weighted by molar-refractivity contribution is 14.1. The Balaban J connectivity index is 2.44. The van der Waals surface area contributed by atoms with Gasteiger partial charge in [0.2, 0.25) is 0 Å². The van der Waals surface area contributed by atoms with E-state index in [4.69, 9.17) is 4.74 Å². The number of aromatic nitrogens is 2. The standard InChI is InChI=1S/C14H21IN2O2/c1-4-10-11(15)12(18)17-13(16-10)14(19-3)7-5-9(2)6-8-14/h9H,4-8H2,1-3H3,(H,16,17,18). The lowest BCUT2D eigenvalue weighted by Gasteiger charge is -2.37. The molecule has 0 aromatic carbocycles. The Hall–Kier alpha value is -0.430. The average molecular weight is 376 g/mol. The molecule has 0 unspecified atom stereocenters. The van der Waals surface area contributed by atoms with Crippen molar-refractivity contribution in [2.75, 3.05) is 7.11 Å². The summed E-state index contributed by atoms with van der Waals surface area (Å²) in [6.45, 7) is 4.29. The zero-order valence-corrected chi connectivity index (χ0v) is 13.9. The van der Waals surface area contributed by atoms with Crippen LogP contribution in [0.15, 0.2) is 4.79 Å². The molecule has 1 aliphatic rings. The van der Waals surface area contributed by atoms with E-state index in [-0.39, 0.29) is 5.56 Å². The van der Waals surface area contributed by atoms with Crippen LogP contribution in [0.2, 0.25) is 0 Å². The first-order valence-corrected chi connectivity index (χ1v) is 7.94. The second kappa shape index (κ2) is 5.91. The summed E-state index contributed by atoms with van der Waals surface area (Å²) in [5.41, 5.74) is 0.423. The molecule has 1 fully saturated rings. The van der Waals surface area contributed by atoms with Crippen molar-refractivity contribution >= 4 is 22.6 Å². The van der Waals surface area contributed by atoms with Gasteiger partial charge in [0.05, 0.1) is 9.26 Å². The maximum atomic E-state index is 12.0. The average Bonchev–Trinajstić information content (AvgIpc) is 2.43. The van der Waals surface area contributed by atoms with Gasteiger partial charge in [0, 0.05) is 7.11 Å². The van der Waals surface area contributed by atoms with Crippen molar-refractivity contribution in [3.8, 4) is 0 Å². The number of H-pyrrole nitrogens is 1. The van der Waals surface area contributed by atoms with Gasteiger partial charge in [0.25, 0.3) is 5.56 Å². The van der Waals surface area contributed by atoms with Gasteiger partial charge in [0.1, 0.15) is 11.4 Å². The van der Waals surface area contributed by atoms with E-state index in [0.29, 0.717) is 9.39 Å². The molecule has 0 amide bonds. The minimum Gasteiger partial charge on any atom is -0.370 e. The maximum absolute atomic E-state index is 12.0. The molecule has 0 aliphatic heterocycles. The van der Waals surface area contributed by atoms with E-state index in [9.17, 15) is 4.79 Å². The van der Waals surface area contributed by atoms with Gasteiger partial charge in [-0.25, -0.2) is 4.98 Å². The Labute approximate surface area is 127 Å². The van der Waals surface area contributed by atoms with Gasteiger partial charge < -0.3 is 9.72 Å². The van der Waals surface area contributed by atoms with Crippen molar-refractivity contribution in [2.24, 2.45) is 5.92 Å². The van der Waals surface area contributed by atoms with Gasteiger partial charge in [-0.15, -0.1) is 0 Å². The third kappa shape index (κ3) is 2.86. The number of hydrogen-bond donors (Lipinski definition) is 1. The molecule has 4 nitrogen and oxygen atoms in total. The predicted octanol–water partition coefficient (Wildman–Crippen LogP) is 2.99. The number of nitrogens with one attached hydrogen (secondary N) is 1. The number of hydrogen-bond acceptors (Lipinski definition) is 3. The molecule has 1 saturated carbocycles. The summed E-state index contributed by atoms with van der Waals surface area (Å²) in [5, 5.41) is 0. The summed E-state index contributed by atoms with van der Waals surface area (Å²) in [6.07, 6.45) is 4.86. The highest BCUT2D eigenvalue weighted by atomic mass is 127. The second-order valence-corrected chi connectivity index (χ2v) is 6.49. The zero-order valence-electron chi connectivity index (χ0n) is 11.8. The molecule has 1 aromatic heterocycles. The molecule has 0 atom stereocenters. The van der Waals surface area contributed by atoms with Crippen molar-refractivity contribution < 1.29 is 4.74 Å². The minimum absolute atomic E-state index is 0.0440. The number of aromatic amines is 1. The molecule has 1 aliphatic carbocycles. The number of rotatable bonds is 3. The third-order valence-electron chi connectivity index (χ3n) is 4.17. The van der Waals surface area contributed by atoms with Crippen LogP contribution in [0.1, 0.15) is 51.0 Å². The largest absolute Gasteiger partial charge is 0.370 e. The zero-order chi connectivity index (χ0) is 14.0. The SMILES string of the molecule is CCc1nc(C2(OC)CCC(C)CC2)[nH]c(=O)c1I. The van der Waals surface area contributed by atoms with Crippen molar-refractivity contribution in [2.45, 2.75) is 51.6 Å².